The maximum absolute atomic E-state index is 13.1. The molecule has 0 amide bonds. The van der Waals surface area contributed by atoms with Gasteiger partial charge in [-0.25, -0.2) is 17.5 Å². The fourth-order valence-corrected chi connectivity index (χ4v) is 3.46. The lowest BCUT2D eigenvalue weighted by Crippen LogP contribution is -2.25. The minimum Gasteiger partial charge on any atom is -0.211 e. The second kappa shape index (κ2) is 5.81. The average molecular weight is 299 g/mol. The van der Waals surface area contributed by atoms with Crippen LogP contribution in [0.2, 0.25) is 0 Å². The fraction of sp³-hybridized carbons (Fsp3) is 0.231. The van der Waals surface area contributed by atoms with Crippen LogP contribution < -0.4 is 4.72 Å². The SMILES string of the molecule is Cc1cc(S(=O)(=O)NCCc2cccs2)ccc1F. The third kappa shape index (κ3) is 3.62. The molecule has 3 nitrogen and oxygen atoms in total. The van der Waals surface area contributed by atoms with E-state index >= 15 is 0 Å². The van der Waals surface area contributed by atoms with Crippen molar-refractivity contribution in [2.45, 2.75) is 18.2 Å². The van der Waals surface area contributed by atoms with Gasteiger partial charge >= 0.3 is 0 Å². The molecule has 0 aliphatic rings. The number of thiophene rings is 1. The Morgan fingerprint density at radius 3 is 2.74 bits per heavy atom. The molecule has 2 aromatic rings. The third-order valence-corrected chi connectivity index (χ3v) is 5.08. The van der Waals surface area contributed by atoms with Gasteiger partial charge in [0.25, 0.3) is 0 Å². The molecule has 1 aromatic heterocycles. The van der Waals surface area contributed by atoms with E-state index in [1.165, 1.54) is 18.2 Å². The van der Waals surface area contributed by atoms with Crippen LogP contribution in [-0.4, -0.2) is 15.0 Å². The van der Waals surface area contributed by atoms with E-state index in [4.69, 9.17) is 0 Å². The molecular formula is C13H14FNO2S2. The van der Waals surface area contributed by atoms with Gasteiger partial charge in [-0.2, -0.15) is 0 Å². The molecule has 6 heteroatoms. The van der Waals surface area contributed by atoms with E-state index in [0.717, 1.165) is 4.88 Å². The van der Waals surface area contributed by atoms with Crippen LogP contribution in [-0.2, 0) is 16.4 Å². The Morgan fingerprint density at radius 2 is 2.11 bits per heavy atom. The third-order valence-electron chi connectivity index (χ3n) is 2.68. The molecule has 2 rings (SSSR count). The van der Waals surface area contributed by atoms with Gasteiger partial charge in [-0.15, -0.1) is 11.3 Å². The highest BCUT2D eigenvalue weighted by atomic mass is 32.2. The maximum Gasteiger partial charge on any atom is 0.240 e. The van der Waals surface area contributed by atoms with Crippen LogP contribution in [0.15, 0.2) is 40.6 Å². The van der Waals surface area contributed by atoms with Gasteiger partial charge in [0.15, 0.2) is 0 Å². The van der Waals surface area contributed by atoms with Gasteiger partial charge in [-0.05, 0) is 48.6 Å². The molecule has 0 aliphatic carbocycles. The summed E-state index contributed by atoms with van der Waals surface area (Å²) in [5.74, 6) is -0.405. The van der Waals surface area contributed by atoms with Crippen molar-refractivity contribution in [2.75, 3.05) is 6.54 Å². The molecule has 0 aliphatic heterocycles. The summed E-state index contributed by atoms with van der Waals surface area (Å²) in [5, 5.41) is 1.95. The number of sulfonamides is 1. The van der Waals surface area contributed by atoms with Gasteiger partial charge in [0.05, 0.1) is 4.90 Å². The van der Waals surface area contributed by atoms with Gasteiger partial charge in [0.2, 0.25) is 10.0 Å². The van der Waals surface area contributed by atoms with Gasteiger partial charge in [0.1, 0.15) is 5.82 Å². The molecule has 19 heavy (non-hydrogen) atoms. The quantitative estimate of drug-likeness (QED) is 0.922. The second-order valence-electron chi connectivity index (χ2n) is 4.14. The van der Waals surface area contributed by atoms with Crippen LogP contribution in [0.5, 0.6) is 0 Å². The van der Waals surface area contributed by atoms with Crippen molar-refractivity contribution in [3.8, 4) is 0 Å². The van der Waals surface area contributed by atoms with Crippen LogP contribution in [0.3, 0.4) is 0 Å². The first-order chi connectivity index (χ1) is 8.99. The van der Waals surface area contributed by atoms with Gasteiger partial charge in [0, 0.05) is 11.4 Å². The first-order valence-electron chi connectivity index (χ1n) is 5.77. The number of rotatable bonds is 5. The van der Waals surface area contributed by atoms with E-state index in [9.17, 15) is 12.8 Å². The van der Waals surface area contributed by atoms with Gasteiger partial charge < -0.3 is 0 Å². The Labute approximate surface area is 116 Å². The highest BCUT2D eigenvalue weighted by Crippen LogP contribution is 2.14. The Kier molecular flexibility index (Phi) is 4.34. The summed E-state index contributed by atoms with van der Waals surface area (Å²) in [4.78, 5) is 1.22. The molecular weight excluding hydrogens is 285 g/mol. The molecule has 102 valence electrons. The van der Waals surface area contributed by atoms with Crippen LogP contribution in [0.4, 0.5) is 4.39 Å². The minimum absolute atomic E-state index is 0.0950. The van der Waals surface area contributed by atoms with Gasteiger partial charge in [-0.1, -0.05) is 6.07 Å². The zero-order valence-corrected chi connectivity index (χ0v) is 12.0. The summed E-state index contributed by atoms with van der Waals surface area (Å²) in [7, 11) is -3.56. The van der Waals surface area contributed by atoms with Crippen molar-refractivity contribution in [1.29, 1.82) is 0 Å². The molecule has 1 N–H and O–H groups in total. The molecule has 0 spiro atoms. The number of aryl methyl sites for hydroxylation is 1. The normalized spacial score (nSPS) is 11.7. The van der Waals surface area contributed by atoms with Crippen molar-refractivity contribution < 1.29 is 12.8 Å². The second-order valence-corrected chi connectivity index (χ2v) is 6.94. The zero-order valence-electron chi connectivity index (χ0n) is 10.4. The van der Waals surface area contributed by atoms with Crippen molar-refractivity contribution in [1.82, 2.24) is 4.72 Å². The molecule has 0 saturated heterocycles. The molecule has 1 heterocycles. The number of benzene rings is 1. The van der Waals surface area contributed by atoms with E-state index in [1.54, 1.807) is 18.3 Å². The van der Waals surface area contributed by atoms with E-state index < -0.39 is 15.8 Å². The Balaban J connectivity index is 2.03. The molecule has 1 aromatic carbocycles. The summed E-state index contributed by atoms with van der Waals surface area (Å²) < 4.78 is 39.6. The lowest BCUT2D eigenvalue weighted by molar-refractivity contribution is 0.580. The Morgan fingerprint density at radius 1 is 1.32 bits per heavy atom. The summed E-state index contributed by atoms with van der Waals surface area (Å²) >= 11 is 1.59. The highest BCUT2D eigenvalue weighted by molar-refractivity contribution is 7.89. The first kappa shape index (κ1) is 14.2. The summed E-state index contributed by atoms with van der Waals surface area (Å²) in [5.41, 5.74) is 0.320. The highest BCUT2D eigenvalue weighted by Gasteiger charge is 2.14. The van der Waals surface area contributed by atoms with Crippen LogP contribution in [0.1, 0.15) is 10.4 Å². The maximum atomic E-state index is 13.1. The van der Waals surface area contributed by atoms with Crippen molar-refractivity contribution >= 4 is 21.4 Å². The summed E-state index contributed by atoms with van der Waals surface area (Å²) in [6, 6.07) is 7.67. The van der Waals surface area contributed by atoms with Crippen molar-refractivity contribution in [3.05, 3.63) is 52.0 Å². The topological polar surface area (TPSA) is 46.2 Å². The largest absolute Gasteiger partial charge is 0.240 e. The standard InChI is InChI=1S/C13H14FNO2S2/c1-10-9-12(4-5-13(10)14)19(16,17)15-7-6-11-3-2-8-18-11/h2-5,8-9,15H,6-7H2,1H3. The predicted molar refractivity (Wildman–Crippen MR) is 74.3 cm³/mol. The van der Waals surface area contributed by atoms with E-state index in [1.807, 2.05) is 17.5 Å². The van der Waals surface area contributed by atoms with E-state index in [0.29, 0.717) is 18.5 Å². The lowest BCUT2D eigenvalue weighted by atomic mass is 10.2. The van der Waals surface area contributed by atoms with Crippen LogP contribution in [0.25, 0.3) is 0 Å². The van der Waals surface area contributed by atoms with Crippen molar-refractivity contribution in [2.24, 2.45) is 0 Å². The number of hydrogen-bond donors (Lipinski definition) is 1. The van der Waals surface area contributed by atoms with Crippen LogP contribution >= 0.6 is 11.3 Å². The van der Waals surface area contributed by atoms with E-state index in [2.05, 4.69) is 4.72 Å². The fourth-order valence-electron chi connectivity index (χ4n) is 1.63. The molecule has 0 unspecified atom stereocenters. The van der Waals surface area contributed by atoms with E-state index in [-0.39, 0.29) is 4.90 Å². The first-order valence-corrected chi connectivity index (χ1v) is 8.13. The Bertz CT molecular complexity index is 651. The summed E-state index contributed by atoms with van der Waals surface area (Å²) in [6.07, 6.45) is 0.650. The molecule has 0 bridgehead atoms. The Hall–Kier alpha value is -1.24. The van der Waals surface area contributed by atoms with Crippen molar-refractivity contribution in [3.63, 3.8) is 0 Å². The summed E-state index contributed by atoms with van der Waals surface area (Å²) in [6.45, 7) is 1.87. The smallest absolute Gasteiger partial charge is 0.211 e. The zero-order chi connectivity index (χ0) is 13.9. The minimum atomic E-state index is -3.56. The molecule has 0 atom stereocenters. The average Bonchev–Trinajstić information content (AvgIpc) is 2.85. The van der Waals surface area contributed by atoms with Crippen LogP contribution in [0, 0.1) is 12.7 Å². The number of hydrogen-bond acceptors (Lipinski definition) is 3. The molecule has 0 fully saturated rings. The van der Waals surface area contributed by atoms with Gasteiger partial charge in [-0.3, -0.25) is 0 Å². The number of nitrogens with one attached hydrogen (secondary N) is 1. The predicted octanol–water partition coefficient (Wildman–Crippen LogP) is 2.72. The molecule has 0 saturated carbocycles. The lowest BCUT2D eigenvalue weighted by Gasteiger charge is -2.07. The molecule has 0 radical (unpaired) electrons. The number of halogens is 1. The monoisotopic (exact) mass is 299 g/mol.